The summed E-state index contributed by atoms with van der Waals surface area (Å²) in [6.45, 7) is 9.88. The molecule has 3 fully saturated rings. The molecule has 1 spiro atoms. The van der Waals surface area contributed by atoms with Crippen LogP contribution in [0.2, 0.25) is 0 Å². The highest BCUT2D eigenvalue weighted by Crippen LogP contribution is 2.58. The minimum absolute atomic E-state index is 0.0289. The van der Waals surface area contributed by atoms with Crippen molar-refractivity contribution in [2.24, 2.45) is 11.8 Å². The molecular weight excluding hydrogens is 538 g/mol. The number of allylic oxidation sites excluding steroid dienone is 1. The molecule has 0 aromatic heterocycles. The van der Waals surface area contributed by atoms with Crippen LogP contribution >= 0.6 is 0 Å². The lowest BCUT2D eigenvalue weighted by molar-refractivity contribution is -0.148. The maximum Gasteiger partial charge on any atom is 0.306 e. The Bertz CT molecular complexity index is 1160. The van der Waals surface area contributed by atoms with Gasteiger partial charge in [0.15, 0.2) is 0 Å². The highest BCUT2D eigenvalue weighted by molar-refractivity contribution is 5.99. The minimum atomic E-state index is -1.15. The van der Waals surface area contributed by atoms with Gasteiger partial charge in [0.05, 0.1) is 30.6 Å². The highest BCUT2D eigenvalue weighted by Gasteiger charge is 2.74. The van der Waals surface area contributed by atoms with Gasteiger partial charge in [-0.15, -0.1) is 13.2 Å². The van der Waals surface area contributed by atoms with E-state index >= 15 is 0 Å². The van der Waals surface area contributed by atoms with Crippen molar-refractivity contribution in [3.8, 4) is 0 Å². The molecule has 3 amide bonds. The van der Waals surface area contributed by atoms with E-state index in [0.29, 0.717) is 32.4 Å². The number of nitrogens with zero attached hydrogens (tertiary/aromatic N) is 2. The molecule has 0 radical (unpaired) electrons. The first kappa shape index (κ1) is 31.4. The molecule has 3 aliphatic heterocycles. The number of aliphatic hydroxyl groups is 1. The predicted molar refractivity (Wildman–Crippen MR) is 156 cm³/mol. The predicted octanol–water partition coefficient (Wildman–Crippen LogP) is 2.53. The van der Waals surface area contributed by atoms with Gasteiger partial charge in [-0.1, -0.05) is 55.8 Å². The molecule has 1 aromatic carbocycles. The molecule has 10 heteroatoms. The first-order valence-corrected chi connectivity index (χ1v) is 14.9. The Morgan fingerprint density at radius 2 is 2.02 bits per heavy atom. The summed E-state index contributed by atoms with van der Waals surface area (Å²) in [4.78, 5) is 57.3. The van der Waals surface area contributed by atoms with E-state index in [1.807, 2.05) is 37.3 Å². The number of unbranched alkanes of at least 4 members (excludes halogenated alkanes) is 1. The van der Waals surface area contributed by atoms with Crippen LogP contribution in [0.1, 0.15) is 57.1 Å². The van der Waals surface area contributed by atoms with E-state index in [-0.39, 0.29) is 43.9 Å². The molecule has 3 aliphatic rings. The van der Waals surface area contributed by atoms with E-state index in [9.17, 15) is 24.3 Å². The van der Waals surface area contributed by atoms with Gasteiger partial charge in [0, 0.05) is 26.1 Å². The zero-order chi connectivity index (χ0) is 30.3. The molecular formula is C32H43N3O7. The van der Waals surface area contributed by atoms with Crippen molar-refractivity contribution in [3.63, 3.8) is 0 Å². The first-order chi connectivity index (χ1) is 20.3. The largest absolute Gasteiger partial charge is 0.463 e. The summed E-state index contributed by atoms with van der Waals surface area (Å²) in [5.74, 6) is -3.07. The molecule has 3 heterocycles. The third kappa shape index (κ3) is 6.15. The average molecular weight is 582 g/mol. The molecule has 42 heavy (non-hydrogen) atoms. The molecule has 4 rings (SSSR count). The van der Waals surface area contributed by atoms with E-state index in [0.717, 1.165) is 18.4 Å². The van der Waals surface area contributed by atoms with Crippen LogP contribution in [0.3, 0.4) is 0 Å². The second kappa shape index (κ2) is 14.1. The fourth-order valence-corrected chi connectivity index (χ4v) is 6.69. The zero-order valence-corrected chi connectivity index (χ0v) is 24.4. The number of ether oxygens (including phenoxy) is 2. The number of β-amino-alcohol motifs (C(OH)–C–C–N with tert-alkyl or cyclic N) is 1. The number of nitrogens with one attached hydrogen (secondary N) is 1. The number of amides is 3. The Morgan fingerprint density at radius 1 is 1.26 bits per heavy atom. The quantitative estimate of drug-likeness (QED) is 0.227. The number of hydrogen-bond donors (Lipinski definition) is 2. The molecule has 10 nitrogen and oxygen atoms in total. The Morgan fingerprint density at radius 3 is 2.69 bits per heavy atom. The van der Waals surface area contributed by atoms with Gasteiger partial charge < -0.3 is 29.7 Å². The van der Waals surface area contributed by atoms with Crippen LogP contribution in [0.4, 0.5) is 0 Å². The van der Waals surface area contributed by atoms with Crippen LogP contribution in [0, 0.1) is 11.8 Å². The number of carbonyl (C=O) groups excluding carboxylic acids is 4. The van der Waals surface area contributed by atoms with Gasteiger partial charge in [0.1, 0.15) is 18.2 Å². The van der Waals surface area contributed by atoms with Crippen LogP contribution in [-0.2, 0) is 28.7 Å². The fourth-order valence-electron chi connectivity index (χ4n) is 6.69. The van der Waals surface area contributed by atoms with Gasteiger partial charge in [-0.3, -0.25) is 19.2 Å². The minimum Gasteiger partial charge on any atom is -0.463 e. The average Bonchev–Trinajstić information content (AvgIpc) is 3.64. The smallest absolute Gasteiger partial charge is 0.306 e. The molecule has 0 aliphatic carbocycles. The second-order valence-corrected chi connectivity index (χ2v) is 11.2. The van der Waals surface area contributed by atoms with Crippen LogP contribution in [-0.4, -0.2) is 89.2 Å². The zero-order valence-electron chi connectivity index (χ0n) is 24.4. The monoisotopic (exact) mass is 581 g/mol. The van der Waals surface area contributed by atoms with Crippen molar-refractivity contribution in [1.29, 1.82) is 0 Å². The first-order valence-electron chi connectivity index (χ1n) is 14.9. The summed E-state index contributed by atoms with van der Waals surface area (Å²) >= 11 is 0. The standard InChI is InChI=1S/C32H43N3O7/c1-4-7-14-25(37)41-21-23(22-12-10-9-11-13-22)33-29(38)26-24-15-16-32(42-24)27(26)30(39)35(19-20-36)28(32)31(40)34(17-6-3)18-8-5-2/h4,6,9-13,23-24,26-28,36H,1,3,5,7-8,14-21H2,2H3,(H,33,38)/t23-,24+,26-,27-,28+,32-/m1/s1. The Hall–Kier alpha value is -3.50. The summed E-state index contributed by atoms with van der Waals surface area (Å²) in [6.07, 6.45) is 6.13. The summed E-state index contributed by atoms with van der Waals surface area (Å²) in [6, 6.07) is 7.63. The molecule has 0 saturated carbocycles. The number of aliphatic hydroxyl groups excluding tert-OH is 1. The summed E-state index contributed by atoms with van der Waals surface area (Å²) in [5, 5.41) is 12.9. The normalized spacial score (nSPS) is 26.4. The molecule has 2 N–H and O–H groups in total. The van der Waals surface area contributed by atoms with E-state index in [2.05, 4.69) is 18.5 Å². The lowest BCUT2D eigenvalue weighted by atomic mass is 9.70. The Balaban J connectivity index is 1.60. The van der Waals surface area contributed by atoms with Crippen molar-refractivity contribution in [2.75, 3.05) is 32.8 Å². The van der Waals surface area contributed by atoms with Crippen LogP contribution < -0.4 is 5.32 Å². The van der Waals surface area contributed by atoms with Gasteiger partial charge in [-0.05, 0) is 31.2 Å². The van der Waals surface area contributed by atoms with Gasteiger partial charge in [0.25, 0.3) is 0 Å². The number of hydrogen-bond acceptors (Lipinski definition) is 7. The molecule has 0 unspecified atom stereocenters. The topological polar surface area (TPSA) is 125 Å². The van der Waals surface area contributed by atoms with Gasteiger partial charge in [0.2, 0.25) is 17.7 Å². The van der Waals surface area contributed by atoms with Crippen molar-refractivity contribution >= 4 is 23.7 Å². The fraction of sp³-hybridized carbons (Fsp3) is 0.562. The number of benzene rings is 1. The van der Waals surface area contributed by atoms with E-state index in [1.165, 1.54) is 4.90 Å². The third-order valence-corrected chi connectivity index (χ3v) is 8.60. The van der Waals surface area contributed by atoms with Gasteiger partial charge in [-0.25, -0.2) is 0 Å². The third-order valence-electron chi connectivity index (χ3n) is 8.60. The van der Waals surface area contributed by atoms with Crippen molar-refractivity contribution in [2.45, 2.75) is 69.2 Å². The maximum atomic E-state index is 14.0. The Labute approximate surface area is 247 Å². The molecule has 2 bridgehead atoms. The molecule has 6 atom stereocenters. The van der Waals surface area contributed by atoms with E-state index in [1.54, 1.807) is 17.1 Å². The van der Waals surface area contributed by atoms with E-state index in [4.69, 9.17) is 9.47 Å². The molecule has 3 saturated heterocycles. The highest BCUT2D eigenvalue weighted by atomic mass is 16.5. The van der Waals surface area contributed by atoms with Crippen molar-refractivity contribution in [3.05, 3.63) is 61.2 Å². The molecule has 228 valence electrons. The summed E-state index contributed by atoms with van der Waals surface area (Å²) in [5.41, 5.74) is -0.397. The number of carbonyl (C=O) groups is 4. The number of likely N-dealkylation sites (tertiary alicyclic amines) is 1. The summed E-state index contributed by atoms with van der Waals surface area (Å²) < 4.78 is 12.0. The lowest BCUT2D eigenvalue weighted by Gasteiger charge is -2.36. The number of rotatable bonds is 16. The molecule has 1 aromatic rings. The summed E-state index contributed by atoms with van der Waals surface area (Å²) in [7, 11) is 0. The lowest BCUT2D eigenvalue weighted by Crippen LogP contribution is -2.56. The van der Waals surface area contributed by atoms with Crippen LogP contribution in [0.15, 0.2) is 55.6 Å². The van der Waals surface area contributed by atoms with Gasteiger partial charge >= 0.3 is 5.97 Å². The Kier molecular flexibility index (Phi) is 10.6. The van der Waals surface area contributed by atoms with Crippen LogP contribution in [0.5, 0.6) is 0 Å². The van der Waals surface area contributed by atoms with Crippen molar-refractivity contribution < 1.29 is 33.8 Å². The second-order valence-electron chi connectivity index (χ2n) is 11.2. The van der Waals surface area contributed by atoms with Crippen LogP contribution in [0.25, 0.3) is 0 Å². The van der Waals surface area contributed by atoms with Gasteiger partial charge in [-0.2, -0.15) is 0 Å². The SMILES string of the molecule is C=CCCC(=O)OC[C@@H](NC(=O)[C@@H]1[C@@H]2CC[C@]3(O2)[C@H](C(=O)N(CC=C)CCCC)N(CCO)C(=O)[C@@H]13)c1ccccc1. The maximum absolute atomic E-state index is 14.0. The number of esters is 1. The van der Waals surface area contributed by atoms with Crippen molar-refractivity contribution in [1.82, 2.24) is 15.1 Å². The number of fused-ring (bicyclic) bond motifs is 1. The van der Waals surface area contributed by atoms with E-state index < -0.39 is 41.6 Å².